The van der Waals surface area contributed by atoms with Crippen LogP contribution in [0, 0.1) is 11.7 Å². The van der Waals surface area contributed by atoms with Crippen molar-refractivity contribution in [3.05, 3.63) is 30.1 Å². The zero-order chi connectivity index (χ0) is 14.5. The summed E-state index contributed by atoms with van der Waals surface area (Å²) in [5.41, 5.74) is 5.71. The van der Waals surface area contributed by atoms with E-state index in [1.807, 2.05) is 0 Å². The molecule has 1 aromatic carbocycles. The van der Waals surface area contributed by atoms with E-state index in [9.17, 15) is 9.18 Å². The Balaban J connectivity index is 2.01. The number of oxime groups is 1. The lowest BCUT2D eigenvalue weighted by Crippen LogP contribution is -2.45. The SMILES string of the molecule is NC(=NO)C1CCCN(C(=O)Nc2ccccc2F)C1. The Labute approximate surface area is 116 Å². The van der Waals surface area contributed by atoms with E-state index in [1.54, 1.807) is 17.0 Å². The largest absolute Gasteiger partial charge is 0.409 e. The number of piperidine rings is 1. The van der Waals surface area contributed by atoms with Crippen LogP contribution >= 0.6 is 0 Å². The van der Waals surface area contributed by atoms with Gasteiger partial charge >= 0.3 is 6.03 Å². The number of nitrogens with one attached hydrogen (secondary N) is 1. The van der Waals surface area contributed by atoms with E-state index in [1.165, 1.54) is 12.1 Å². The smallest absolute Gasteiger partial charge is 0.321 e. The predicted octanol–water partition coefficient (Wildman–Crippen LogP) is 1.82. The van der Waals surface area contributed by atoms with Crippen molar-refractivity contribution in [3.63, 3.8) is 0 Å². The van der Waals surface area contributed by atoms with Crippen molar-refractivity contribution in [1.82, 2.24) is 4.90 Å². The van der Waals surface area contributed by atoms with E-state index in [-0.39, 0.29) is 23.5 Å². The van der Waals surface area contributed by atoms with Gasteiger partial charge in [0, 0.05) is 19.0 Å². The molecule has 6 nitrogen and oxygen atoms in total. The van der Waals surface area contributed by atoms with Crippen molar-refractivity contribution >= 4 is 17.6 Å². The minimum Gasteiger partial charge on any atom is -0.409 e. The Kier molecular flexibility index (Phi) is 4.39. The Morgan fingerprint density at radius 3 is 2.95 bits per heavy atom. The van der Waals surface area contributed by atoms with Gasteiger partial charge in [-0.1, -0.05) is 17.3 Å². The van der Waals surface area contributed by atoms with E-state index in [0.29, 0.717) is 13.1 Å². The molecule has 1 aromatic rings. The summed E-state index contributed by atoms with van der Waals surface area (Å²) < 4.78 is 13.5. The van der Waals surface area contributed by atoms with Crippen molar-refractivity contribution in [2.45, 2.75) is 12.8 Å². The van der Waals surface area contributed by atoms with E-state index in [4.69, 9.17) is 10.9 Å². The molecular formula is C13H17FN4O2. The fourth-order valence-corrected chi connectivity index (χ4v) is 2.24. The van der Waals surface area contributed by atoms with Crippen molar-refractivity contribution < 1.29 is 14.4 Å². The molecule has 1 saturated heterocycles. The van der Waals surface area contributed by atoms with Crippen LogP contribution in [0.15, 0.2) is 29.4 Å². The van der Waals surface area contributed by atoms with Gasteiger partial charge in [-0.05, 0) is 25.0 Å². The number of likely N-dealkylation sites (tertiary alicyclic amines) is 1. The summed E-state index contributed by atoms with van der Waals surface area (Å²) in [7, 11) is 0. The minimum atomic E-state index is -0.481. The van der Waals surface area contributed by atoms with Gasteiger partial charge in [-0.3, -0.25) is 0 Å². The molecule has 0 saturated carbocycles. The highest BCUT2D eigenvalue weighted by Crippen LogP contribution is 2.19. The number of rotatable bonds is 2. The Hall–Kier alpha value is -2.31. The molecule has 1 unspecified atom stereocenters. The van der Waals surface area contributed by atoms with Gasteiger partial charge in [-0.2, -0.15) is 0 Å². The number of anilines is 1. The zero-order valence-corrected chi connectivity index (χ0v) is 10.9. The normalized spacial score (nSPS) is 19.8. The summed E-state index contributed by atoms with van der Waals surface area (Å²) in [6.07, 6.45) is 1.52. The van der Waals surface area contributed by atoms with Crippen LogP contribution in [-0.4, -0.2) is 35.1 Å². The van der Waals surface area contributed by atoms with Crippen molar-refractivity contribution in [1.29, 1.82) is 0 Å². The predicted molar refractivity (Wildman–Crippen MR) is 73.1 cm³/mol. The van der Waals surface area contributed by atoms with Crippen molar-refractivity contribution in [2.24, 2.45) is 16.8 Å². The average molecular weight is 280 g/mol. The number of carbonyl (C=O) groups is 1. The highest BCUT2D eigenvalue weighted by molar-refractivity contribution is 5.90. The van der Waals surface area contributed by atoms with Crippen LogP contribution in [0.4, 0.5) is 14.9 Å². The second-order valence-electron chi connectivity index (χ2n) is 4.72. The summed E-state index contributed by atoms with van der Waals surface area (Å²) >= 11 is 0. The molecule has 1 aliphatic rings. The number of hydrogen-bond acceptors (Lipinski definition) is 3. The lowest BCUT2D eigenvalue weighted by atomic mass is 9.97. The first-order valence-corrected chi connectivity index (χ1v) is 6.39. The lowest BCUT2D eigenvalue weighted by molar-refractivity contribution is 0.189. The summed E-state index contributed by atoms with van der Waals surface area (Å²) in [6, 6.07) is 5.60. The van der Waals surface area contributed by atoms with Crippen LogP contribution in [0.1, 0.15) is 12.8 Å². The second-order valence-corrected chi connectivity index (χ2v) is 4.72. The molecule has 20 heavy (non-hydrogen) atoms. The monoisotopic (exact) mass is 280 g/mol. The summed E-state index contributed by atoms with van der Waals surface area (Å²) in [5.74, 6) is -0.528. The molecule has 108 valence electrons. The third kappa shape index (κ3) is 3.17. The van der Waals surface area contributed by atoms with Crippen LogP contribution in [0.2, 0.25) is 0 Å². The number of amidine groups is 1. The van der Waals surface area contributed by atoms with Gasteiger partial charge in [0.2, 0.25) is 0 Å². The first-order chi connectivity index (χ1) is 9.61. The van der Waals surface area contributed by atoms with Gasteiger partial charge in [0.15, 0.2) is 0 Å². The molecule has 1 atom stereocenters. The molecule has 0 bridgehead atoms. The molecule has 2 amide bonds. The fourth-order valence-electron chi connectivity index (χ4n) is 2.24. The Morgan fingerprint density at radius 1 is 1.50 bits per heavy atom. The summed E-state index contributed by atoms with van der Waals surface area (Å²) in [5, 5.41) is 14.2. The highest BCUT2D eigenvalue weighted by Gasteiger charge is 2.26. The Bertz CT molecular complexity index is 521. The van der Waals surface area contributed by atoms with E-state index in [2.05, 4.69) is 10.5 Å². The van der Waals surface area contributed by atoms with Gasteiger partial charge in [-0.25, -0.2) is 9.18 Å². The number of nitrogens with two attached hydrogens (primary N) is 1. The molecule has 1 heterocycles. The van der Waals surface area contributed by atoms with Gasteiger partial charge < -0.3 is 21.2 Å². The molecule has 1 fully saturated rings. The summed E-state index contributed by atoms with van der Waals surface area (Å²) in [6.45, 7) is 0.922. The molecule has 0 spiro atoms. The number of urea groups is 1. The third-order valence-electron chi connectivity index (χ3n) is 3.36. The zero-order valence-electron chi connectivity index (χ0n) is 10.9. The van der Waals surface area contributed by atoms with Crippen LogP contribution in [0.25, 0.3) is 0 Å². The minimum absolute atomic E-state index is 0.119. The number of amides is 2. The molecule has 4 N–H and O–H groups in total. The quantitative estimate of drug-likeness (QED) is 0.334. The first-order valence-electron chi connectivity index (χ1n) is 6.39. The fraction of sp³-hybridized carbons (Fsp3) is 0.385. The highest BCUT2D eigenvalue weighted by atomic mass is 19.1. The van der Waals surface area contributed by atoms with Crippen LogP contribution in [-0.2, 0) is 0 Å². The van der Waals surface area contributed by atoms with Crippen LogP contribution < -0.4 is 11.1 Å². The third-order valence-corrected chi connectivity index (χ3v) is 3.36. The maximum absolute atomic E-state index is 13.5. The molecule has 0 aliphatic carbocycles. The van der Waals surface area contributed by atoms with Gasteiger partial charge in [-0.15, -0.1) is 0 Å². The maximum atomic E-state index is 13.5. The van der Waals surface area contributed by atoms with Crippen LogP contribution in [0.5, 0.6) is 0 Å². The first kappa shape index (κ1) is 14.1. The molecular weight excluding hydrogens is 263 g/mol. The molecule has 2 rings (SSSR count). The molecule has 7 heteroatoms. The van der Waals surface area contributed by atoms with Gasteiger partial charge in [0.25, 0.3) is 0 Å². The lowest BCUT2D eigenvalue weighted by Gasteiger charge is -2.32. The number of nitrogens with zero attached hydrogens (tertiary/aromatic N) is 2. The van der Waals surface area contributed by atoms with Crippen molar-refractivity contribution in [2.75, 3.05) is 18.4 Å². The van der Waals surface area contributed by atoms with E-state index < -0.39 is 5.82 Å². The second kappa shape index (κ2) is 6.23. The van der Waals surface area contributed by atoms with E-state index >= 15 is 0 Å². The number of hydrogen-bond donors (Lipinski definition) is 3. The molecule has 1 aliphatic heterocycles. The number of benzene rings is 1. The molecule has 0 radical (unpaired) electrons. The Morgan fingerprint density at radius 2 is 2.25 bits per heavy atom. The van der Waals surface area contributed by atoms with Crippen molar-refractivity contribution in [3.8, 4) is 0 Å². The average Bonchev–Trinajstić information content (AvgIpc) is 2.49. The molecule has 0 aromatic heterocycles. The number of halogens is 1. The maximum Gasteiger partial charge on any atom is 0.321 e. The van der Waals surface area contributed by atoms with Crippen LogP contribution in [0.3, 0.4) is 0 Å². The van der Waals surface area contributed by atoms with E-state index in [0.717, 1.165) is 12.8 Å². The van der Waals surface area contributed by atoms with Gasteiger partial charge in [0.05, 0.1) is 5.69 Å². The number of carbonyl (C=O) groups excluding carboxylic acids is 1. The topological polar surface area (TPSA) is 91.0 Å². The number of para-hydroxylation sites is 1. The van der Waals surface area contributed by atoms with Gasteiger partial charge in [0.1, 0.15) is 11.7 Å². The summed E-state index contributed by atoms with van der Waals surface area (Å²) in [4.78, 5) is 13.6. The standard InChI is InChI=1S/C13H17FN4O2/c14-10-5-1-2-6-11(10)16-13(19)18-7-3-4-9(8-18)12(15)17-20/h1-2,5-6,9,20H,3-4,7-8H2,(H2,15,17)(H,16,19).